The number of halogens is 12. The molecule has 6 rings (SSSR count). The number of alkyl halides is 12. The Hall–Kier alpha value is -7.11. The number of Topliss-reactive ketones (excluding diaryl/α,β-unsaturated/α-hetero) is 8. The van der Waals surface area contributed by atoms with Crippen molar-refractivity contribution in [3.63, 3.8) is 0 Å². The predicted molar refractivity (Wildman–Crippen MR) is 228 cm³/mol. The molecule has 1 heterocycles. The van der Waals surface area contributed by atoms with Crippen molar-refractivity contribution in [2.45, 2.75) is 24.7 Å². The van der Waals surface area contributed by atoms with Crippen LogP contribution < -0.4 is 0 Å². The molecule has 1 aromatic heterocycles. The average molecular weight is 1160 g/mol. The Kier molecular flexibility index (Phi) is 25.6. The van der Waals surface area contributed by atoms with Gasteiger partial charge in [-0.05, 0) is 12.1 Å². The molecular weight excluding hydrogens is 1130 g/mol. The van der Waals surface area contributed by atoms with Gasteiger partial charge in [0.05, 0.1) is 0 Å². The number of nitrogens with zero attached hydrogens (tertiary/aromatic N) is 1. The summed E-state index contributed by atoms with van der Waals surface area (Å²) in [5.74, 6) is -12.1. The van der Waals surface area contributed by atoms with Crippen LogP contribution in [-0.4, -0.2) is 81.1 Å². The Morgan fingerprint density at radius 1 is 0.347 bits per heavy atom. The van der Waals surface area contributed by atoms with E-state index in [-0.39, 0.29) is 103 Å². The molecule has 0 amide bonds. The Bertz CT molecular complexity index is 2440. The summed E-state index contributed by atoms with van der Waals surface area (Å²) in [6.45, 7) is 0. The monoisotopic (exact) mass is 1160 g/mol. The zero-order valence-corrected chi connectivity index (χ0v) is 38.3. The molecule has 0 spiro atoms. The van der Waals surface area contributed by atoms with Gasteiger partial charge in [-0.25, -0.2) is 0 Å². The van der Waals surface area contributed by atoms with E-state index in [1.54, 1.807) is 42.6 Å². The number of benzene rings is 5. The van der Waals surface area contributed by atoms with Gasteiger partial charge in [0.25, 0.3) is 0 Å². The van der Waals surface area contributed by atoms with E-state index in [4.69, 9.17) is 0 Å². The van der Waals surface area contributed by atoms with Gasteiger partial charge in [0.2, 0.25) is 0 Å². The van der Waals surface area contributed by atoms with E-state index in [1.807, 2.05) is 18.2 Å². The van der Waals surface area contributed by atoms with Crippen molar-refractivity contribution in [3.05, 3.63) is 206 Å². The van der Waals surface area contributed by atoms with Crippen molar-refractivity contribution in [1.29, 1.82) is 0 Å². The molecule has 0 atom stereocenters. The van der Waals surface area contributed by atoms with Gasteiger partial charge in [0.1, 0.15) is 11.3 Å². The Morgan fingerprint density at radius 3 is 0.806 bits per heavy atom. The first-order valence-corrected chi connectivity index (χ1v) is 19.3. The van der Waals surface area contributed by atoms with Crippen LogP contribution in [-0.2, 0) is 19.2 Å². The molecule has 0 aliphatic rings. The van der Waals surface area contributed by atoms with Crippen LogP contribution in [0.15, 0.2) is 158 Å². The van der Waals surface area contributed by atoms with Crippen molar-refractivity contribution in [3.8, 4) is 5.75 Å². The number of rotatable bonds is 12. The smallest absolute Gasteiger partial charge is 0.506 e. The van der Waals surface area contributed by atoms with Gasteiger partial charge in [-0.1, -0.05) is 91.0 Å². The molecule has 10 nitrogen and oxygen atoms in total. The third kappa shape index (κ3) is 23.2. The Morgan fingerprint density at radius 2 is 0.583 bits per heavy atom. The SMILES string of the molecule is O=C([CH-]C(=O)C(F)(F)F)c1ccccc1.O=C([CH-]C(=O)C(F)(F)F)c1ccccc1.O=C([CH-]C(=O)C(F)(F)F)c1ccccc1.O=C([CH-]C(=O)C(F)(F)F)c1ccccc1.Oc1cccc2cccnc12.[Eu+3]. The normalized spacial score (nSPS) is 10.6. The van der Waals surface area contributed by atoms with E-state index in [1.165, 1.54) is 97.1 Å². The molecule has 0 fully saturated rings. The molecule has 72 heavy (non-hydrogen) atoms. The van der Waals surface area contributed by atoms with E-state index in [0.29, 0.717) is 5.52 Å². The summed E-state index contributed by atoms with van der Waals surface area (Å²) >= 11 is 0. The second-order valence-corrected chi connectivity index (χ2v) is 13.3. The number of carbonyl (C=O) groups excluding carboxylic acids is 8. The number of hydrogen-bond acceptors (Lipinski definition) is 10. The van der Waals surface area contributed by atoms with Crippen molar-refractivity contribution in [2.75, 3.05) is 0 Å². The second kappa shape index (κ2) is 29.3. The van der Waals surface area contributed by atoms with Gasteiger partial charge >= 0.3 is 74.1 Å². The van der Waals surface area contributed by atoms with Crippen LogP contribution in [0.2, 0.25) is 0 Å². The third-order valence-corrected chi connectivity index (χ3v) is 8.01. The minimum atomic E-state index is -5.00. The molecule has 0 aliphatic carbocycles. The molecular formula is C49H31EuF12NO9-. The molecule has 0 saturated heterocycles. The molecule has 6 aromatic rings. The third-order valence-electron chi connectivity index (χ3n) is 8.01. The molecule has 0 aliphatic heterocycles. The first-order valence-electron chi connectivity index (χ1n) is 19.3. The number of aromatic nitrogens is 1. The number of aromatic hydroxyl groups is 1. The van der Waals surface area contributed by atoms with Crippen LogP contribution in [0.5, 0.6) is 5.75 Å². The van der Waals surface area contributed by atoms with Gasteiger partial charge in [-0.15, -0.1) is 96.5 Å². The maximum Gasteiger partial charge on any atom is 3.00 e. The molecule has 378 valence electrons. The van der Waals surface area contributed by atoms with Gasteiger partial charge in [0.15, 0.2) is 23.1 Å². The van der Waals surface area contributed by atoms with E-state index in [2.05, 4.69) is 4.98 Å². The zero-order chi connectivity index (χ0) is 53.6. The second-order valence-electron chi connectivity index (χ2n) is 13.3. The molecule has 5 aromatic carbocycles. The maximum absolute atomic E-state index is 11.8. The summed E-state index contributed by atoms with van der Waals surface area (Å²) in [5, 5.41) is 10.3. The summed E-state index contributed by atoms with van der Waals surface area (Å²) in [6.07, 6.45) is -18.1. The number of para-hydroxylation sites is 1. The van der Waals surface area contributed by atoms with Crippen LogP contribution in [0.4, 0.5) is 52.7 Å². The minimum Gasteiger partial charge on any atom is -0.506 e. The number of hydrogen-bond donors (Lipinski definition) is 1. The molecule has 0 radical (unpaired) electrons. The zero-order valence-electron chi connectivity index (χ0n) is 35.9. The first kappa shape index (κ1) is 62.9. The molecule has 0 saturated carbocycles. The fraction of sp³-hybridized carbons (Fsp3) is 0.0816. The fourth-order valence-electron chi connectivity index (χ4n) is 4.63. The van der Waals surface area contributed by atoms with Gasteiger partial charge < -0.3 is 43.5 Å². The standard InChI is InChI=1S/4C10H6F3O2.C9H7NO.Eu/c4*11-10(12,13)9(15)6-8(14)7-4-2-1-3-5-7;11-8-5-1-3-7-4-2-6-10-9(7)8;/h4*1-6H;1-6,11H;/q4*-1;;+3. The summed E-state index contributed by atoms with van der Waals surface area (Å²) in [6, 6.07) is 38.3. The molecule has 23 heteroatoms. The van der Waals surface area contributed by atoms with Crippen molar-refractivity contribution in [1.82, 2.24) is 4.98 Å². The molecule has 0 bridgehead atoms. The van der Waals surface area contributed by atoms with Crippen LogP contribution in [0.25, 0.3) is 10.9 Å². The van der Waals surface area contributed by atoms with Crippen molar-refractivity contribution in [2.24, 2.45) is 0 Å². The average Bonchev–Trinajstić information content (AvgIpc) is 3.32. The van der Waals surface area contributed by atoms with Crippen LogP contribution in [0, 0.1) is 75.1 Å². The molecule has 1 N–H and O–H groups in total. The topological polar surface area (TPSA) is 170 Å². The molecule has 0 unspecified atom stereocenters. The largest absolute Gasteiger partial charge is 3.00 e. The summed E-state index contributed by atoms with van der Waals surface area (Å²) in [5.41, 5.74) is 0.866. The number of phenolic OH excluding ortho intramolecular Hbond substituents is 1. The summed E-state index contributed by atoms with van der Waals surface area (Å²) < 4.78 is 142. The van der Waals surface area contributed by atoms with Gasteiger partial charge in [0, 0.05) is 34.7 Å². The summed E-state index contributed by atoms with van der Waals surface area (Å²) in [4.78, 5) is 90.3. The predicted octanol–water partition coefficient (Wildman–Crippen LogP) is 10.8. The van der Waals surface area contributed by atoms with Gasteiger partial charge in [-0.2, -0.15) is 52.7 Å². The van der Waals surface area contributed by atoms with Crippen molar-refractivity contribution < 1.29 is 146 Å². The van der Waals surface area contributed by atoms with Crippen LogP contribution in [0.3, 0.4) is 0 Å². The minimum absolute atomic E-state index is 0. The number of pyridine rings is 1. The number of phenols is 1. The number of ketones is 8. The van der Waals surface area contributed by atoms with E-state index < -0.39 is 71.0 Å². The first-order chi connectivity index (χ1) is 33.0. The van der Waals surface area contributed by atoms with Crippen LogP contribution >= 0.6 is 0 Å². The number of fused-ring (bicyclic) bond motifs is 1. The van der Waals surface area contributed by atoms with Crippen molar-refractivity contribution >= 4 is 57.2 Å². The van der Waals surface area contributed by atoms with Gasteiger partial charge in [-0.3, -0.25) is 4.98 Å². The Balaban J connectivity index is 0.000000450. The van der Waals surface area contributed by atoms with Crippen LogP contribution in [0.1, 0.15) is 41.4 Å². The van der Waals surface area contributed by atoms with E-state index >= 15 is 0 Å². The quantitative estimate of drug-likeness (QED) is 0.0538. The number of carbonyl (C=O) groups is 8. The summed E-state index contributed by atoms with van der Waals surface area (Å²) in [7, 11) is 0. The Labute approximate surface area is 441 Å². The fourth-order valence-corrected chi connectivity index (χ4v) is 4.63. The maximum atomic E-state index is 11.8. The van der Waals surface area contributed by atoms with E-state index in [0.717, 1.165) is 5.39 Å². The van der Waals surface area contributed by atoms with E-state index in [9.17, 15) is 96.1 Å².